The van der Waals surface area contributed by atoms with E-state index in [0.717, 1.165) is 28.8 Å². The molecule has 20 heavy (non-hydrogen) atoms. The van der Waals surface area contributed by atoms with Crippen LogP contribution < -0.4 is 5.32 Å². The molecule has 0 aliphatic carbocycles. The molecule has 7 heteroatoms. The van der Waals surface area contributed by atoms with Gasteiger partial charge in [0.05, 0.1) is 12.3 Å². The zero-order valence-corrected chi connectivity index (χ0v) is 12.8. The Bertz CT molecular complexity index is 543. The predicted molar refractivity (Wildman–Crippen MR) is 77.7 cm³/mol. The van der Waals surface area contributed by atoms with Gasteiger partial charge in [-0.3, -0.25) is 4.68 Å². The Hall–Kier alpha value is -1.44. The lowest BCUT2D eigenvalue weighted by Gasteiger charge is -2.07. The highest BCUT2D eigenvalue weighted by molar-refractivity contribution is 7.99. The minimum absolute atomic E-state index is 0.702. The Labute approximate surface area is 123 Å². The quantitative estimate of drug-likeness (QED) is 0.615. The van der Waals surface area contributed by atoms with Crippen molar-refractivity contribution < 1.29 is 4.74 Å². The molecule has 0 saturated heterocycles. The molecule has 6 nitrogen and oxygen atoms in total. The fraction of sp³-hybridized carbons (Fsp3) is 0.462. The predicted octanol–water partition coefficient (Wildman–Crippen LogP) is 1.41. The van der Waals surface area contributed by atoms with Crippen LogP contribution in [0.5, 0.6) is 0 Å². The summed E-state index contributed by atoms with van der Waals surface area (Å²) < 4.78 is 6.93. The van der Waals surface area contributed by atoms with Crippen LogP contribution in [0.2, 0.25) is 0 Å². The zero-order valence-electron chi connectivity index (χ0n) is 12.0. The van der Waals surface area contributed by atoms with E-state index in [2.05, 4.69) is 20.4 Å². The molecule has 0 unspecified atom stereocenters. The Morgan fingerprint density at radius 1 is 1.45 bits per heavy atom. The molecule has 2 heterocycles. The molecule has 2 aromatic rings. The summed E-state index contributed by atoms with van der Waals surface area (Å²) in [6.07, 6.45) is 3.30. The van der Waals surface area contributed by atoms with Crippen molar-refractivity contribution in [2.75, 3.05) is 20.3 Å². The van der Waals surface area contributed by atoms with Crippen LogP contribution in [0, 0.1) is 6.92 Å². The standard InChI is InChI=1S/C13H19N5OS/c1-10-11(8-14-6-7-19-3)13(18(2)17-10)20-12-4-5-15-9-16-12/h4-5,9,14H,6-8H2,1-3H3. The number of ether oxygens (including phenoxy) is 1. The first-order valence-corrected chi connectivity index (χ1v) is 7.20. The summed E-state index contributed by atoms with van der Waals surface area (Å²) in [5, 5.41) is 9.87. The highest BCUT2D eigenvalue weighted by Gasteiger charge is 2.14. The van der Waals surface area contributed by atoms with Gasteiger partial charge in [-0.2, -0.15) is 5.10 Å². The monoisotopic (exact) mass is 293 g/mol. The van der Waals surface area contributed by atoms with Crippen molar-refractivity contribution in [3.8, 4) is 0 Å². The topological polar surface area (TPSA) is 64.9 Å². The van der Waals surface area contributed by atoms with Gasteiger partial charge in [0, 0.05) is 39.0 Å². The number of nitrogens with zero attached hydrogens (tertiary/aromatic N) is 4. The molecule has 0 bridgehead atoms. The van der Waals surface area contributed by atoms with E-state index in [-0.39, 0.29) is 0 Å². The van der Waals surface area contributed by atoms with E-state index >= 15 is 0 Å². The van der Waals surface area contributed by atoms with Crippen molar-refractivity contribution in [3.63, 3.8) is 0 Å². The van der Waals surface area contributed by atoms with Gasteiger partial charge in [0.2, 0.25) is 0 Å². The van der Waals surface area contributed by atoms with E-state index < -0.39 is 0 Å². The van der Waals surface area contributed by atoms with Crippen molar-refractivity contribution in [2.24, 2.45) is 7.05 Å². The number of methoxy groups -OCH3 is 1. The van der Waals surface area contributed by atoms with Gasteiger partial charge in [0.15, 0.2) is 0 Å². The lowest BCUT2D eigenvalue weighted by molar-refractivity contribution is 0.199. The summed E-state index contributed by atoms with van der Waals surface area (Å²) in [5.41, 5.74) is 2.24. The lowest BCUT2D eigenvalue weighted by atomic mass is 10.2. The summed E-state index contributed by atoms with van der Waals surface area (Å²) in [6, 6.07) is 1.90. The first-order valence-electron chi connectivity index (χ1n) is 6.38. The maximum absolute atomic E-state index is 5.04. The molecule has 108 valence electrons. The summed E-state index contributed by atoms with van der Waals surface area (Å²) in [4.78, 5) is 8.18. The van der Waals surface area contributed by atoms with Gasteiger partial charge < -0.3 is 10.1 Å². The molecule has 0 atom stereocenters. The van der Waals surface area contributed by atoms with Crippen molar-refractivity contribution in [3.05, 3.63) is 29.8 Å². The Balaban J connectivity index is 2.11. The lowest BCUT2D eigenvalue weighted by Crippen LogP contribution is -2.19. The van der Waals surface area contributed by atoms with Crippen LogP contribution in [-0.4, -0.2) is 40.0 Å². The van der Waals surface area contributed by atoms with E-state index in [9.17, 15) is 0 Å². The highest BCUT2D eigenvalue weighted by Crippen LogP contribution is 2.29. The van der Waals surface area contributed by atoms with E-state index in [1.807, 2.05) is 24.7 Å². The van der Waals surface area contributed by atoms with Crippen LogP contribution in [0.25, 0.3) is 0 Å². The van der Waals surface area contributed by atoms with Gasteiger partial charge in [0.25, 0.3) is 0 Å². The molecule has 0 radical (unpaired) electrons. The van der Waals surface area contributed by atoms with Crippen LogP contribution in [0.3, 0.4) is 0 Å². The van der Waals surface area contributed by atoms with E-state index in [1.54, 1.807) is 31.4 Å². The van der Waals surface area contributed by atoms with E-state index in [1.165, 1.54) is 5.56 Å². The van der Waals surface area contributed by atoms with Crippen LogP contribution in [-0.2, 0) is 18.3 Å². The largest absolute Gasteiger partial charge is 0.383 e. The minimum atomic E-state index is 0.702. The second-order valence-electron chi connectivity index (χ2n) is 4.31. The third kappa shape index (κ3) is 3.78. The number of aryl methyl sites for hydroxylation is 2. The molecule has 0 aliphatic rings. The second-order valence-corrected chi connectivity index (χ2v) is 5.32. The van der Waals surface area contributed by atoms with Crippen molar-refractivity contribution in [1.82, 2.24) is 25.1 Å². The number of nitrogens with one attached hydrogen (secondary N) is 1. The van der Waals surface area contributed by atoms with Crippen LogP contribution in [0.4, 0.5) is 0 Å². The van der Waals surface area contributed by atoms with E-state index in [0.29, 0.717) is 6.61 Å². The Morgan fingerprint density at radius 3 is 3.00 bits per heavy atom. The maximum atomic E-state index is 5.04. The first kappa shape index (κ1) is 15.0. The Kier molecular flexibility index (Phi) is 5.51. The molecule has 0 saturated carbocycles. The molecule has 0 aromatic carbocycles. The first-order chi connectivity index (χ1) is 9.72. The number of hydrogen-bond donors (Lipinski definition) is 1. The van der Waals surface area contributed by atoms with Gasteiger partial charge in [-0.1, -0.05) is 0 Å². The molecule has 0 amide bonds. The van der Waals surface area contributed by atoms with Crippen molar-refractivity contribution >= 4 is 11.8 Å². The third-order valence-corrected chi connectivity index (χ3v) is 3.98. The number of aromatic nitrogens is 4. The molecule has 0 spiro atoms. The van der Waals surface area contributed by atoms with Gasteiger partial charge in [-0.25, -0.2) is 9.97 Å². The molecule has 1 N–H and O–H groups in total. The molecular weight excluding hydrogens is 274 g/mol. The van der Waals surface area contributed by atoms with Gasteiger partial charge >= 0.3 is 0 Å². The van der Waals surface area contributed by atoms with Crippen LogP contribution in [0.1, 0.15) is 11.3 Å². The Morgan fingerprint density at radius 2 is 2.30 bits per heavy atom. The third-order valence-electron chi connectivity index (χ3n) is 2.83. The summed E-state index contributed by atoms with van der Waals surface area (Å²) >= 11 is 1.60. The molecule has 2 aromatic heterocycles. The molecule has 0 aliphatic heterocycles. The van der Waals surface area contributed by atoms with Crippen molar-refractivity contribution in [1.29, 1.82) is 0 Å². The number of hydrogen-bond acceptors (Lipinski definition) is 6. The fourth-order valence-corrected chi connectivity index (χ4v) is 2.78. The van der Waals surface area contributed by atoms with Crippen molar-refractivity contribution in [2.45, 2.75) is 23.5 Å². The van der Waals surface area contributed by atoms with Gasteiger partial charge in [-0.05, 0) is 24.8 Å². The van der Waals surface area contributed by atoms with Gasteiger partial charge in [-0.15, -0.1) is 0 Å². The maximum Gasteiger partial charge on any atom is 0.116 e. The average Bonchev–Trinajstić information content (AvgIpc) is 2.71. The van der Waals surface area contributed by atoms with E-state index in [4.69, 9.17) is 4.74 Å². The molecular formula is C13H19N5OS. The zero-order chi connectivity index (χ0) is 14.4. The molecule has 2 rings (SSSR count). The smallest absolute Gasteiger partial charge is 0.116 e. The fourth-order valence-electron chi connectivity index (χ4n) is 1.84. The summed E-state index contributed by atoms with van der Waals surface area (Å²) in [7, 11) is 3.66. The minimum Gasteiger partial charge on any atom is -0.383 e. The van der Waals surface area contributed by atoms with Crippen LogP contribution >= 0.6 is 11.8 Å². The normalized spacial score (nSPS) is 10.9. The SMILES string of the molecule is COCCNCc1c(C)nn(C)c1Sc1ccncn1. The highest BCUT2D eigenvalue weighted by atomic mass is 32.2. The average molecular weight is 293 g/mol. The summed E-state index contributed by atoms with van der Waals surface area (Å²) in [6.45, 7) is 4.32. The second kappa shape index (κ2) is 7.37. The summed E-state index contributed by atoms with van der Waals surface area (Å²) in [5.74, 6) is 0. The molecule has 0 fully saturated rings. The van der Waals surface area contributed by atoms with Crippen LogP contribution in [0.15, 0.2) is 28.6 Å². The van der Waals surface area contributed by atoms with Gasteiger partial charge in [0.1, 0.15) is 16.4 Å². The number of rotatable bonds is 7.